The van der Waals surface area contributed by atoms with Gasteiger partial charge in [-0.3, -0.25) is 4.79 Å². The van der Waals surface area contributed by atoms with E-state index in [0.29, 0.717) is 19.6 Å². The molecule has 0 aliphatic heterocycles. The zero-order valence-corrected chi connectivity index (χ0v) is 27.8. The molecule has 0 bridgehead atoms. The number of rotatable bonds is 34. The predicted molar refractivity (Wildman–Crippen MR) is 178 cm³/mol. The highest BCUT2D eigenvalue weighted by Gasteiger charge is 2.13. The van der Waals surface area contributed by atoms with Gasteiger partial charge in [-0.2, -0.15) is 0 Å². The fourth-order valence-electron chi connectivity index (χ4n) is 5.32. The summed E-state index contributed by atoms with van der Waals surface area (Å²) < 4.78 is 11.1. The molecule has 0 rings (SSSR count). The van der Waals surface area contributed by atoms with E-state index < -0.39 is 6.10 Å². The molecule has 0 aliphatic carbocycles. The minimum atomic E-state index is -0.526. The van der Waals surface area contributed by atoms with E-state index in [9.17, 15) is 9.90 Å². The summed E-state index contributed by atoms with van der Waals surface area (Å²) in [4.78, 5) is 12.1. The van der Waals surface area contributed by atoms with Gasteiger partial charge < -0.3 is 14.6 Å². The molecule has 41 heavy (non-hydrogen) atoms. The molecule has 0 saturated carbocycles. The third kappa shape index (κ3) is 33.5. The lowest BCUT2D eigenvalue weighted by molar-refractivity contribution is -0.154. The van der Waals surface area contributed by atoms with Crippen molar-refractivity contribution in [1.29, 1.82) is 0 Å². The largest absolute Gasteiger partial charge is 0.457 e. The average molecular weight is 581 g/mol. The van der Waals surface area contributed by atoms with Gasteiger partial charge in [0.1, 0.15) is 6.10 Å². The van der Waals surface area contributed by atoms with Crippen LogP contribution >= 0.6 is 0 Å². The van der Waals surface area contributed by atoms with Gasteiger partial charge in [0, 0.05) is 13.0 Å². The first-order chi connectivity index (χ1) is 20.2. The third-order valence-corrected chi connectivity index (χ3v) is 8.09. The van der Waals surface area contributed by atoms with Crippen LogP contribution in [-0.4, -0.2) is 37.0 Å². The number of aliphatic hydroxyl groups excluding tert-OH is 1. The van der Waals surface area contributed by atoms with Crippen molar-refractivity contribution in [2.24, 2.45) is 0 Å². The minimum Gasteiger partial charge on any atom is -0.457 e. The molecule has 1 unspecified atom stereocenters. The Labute approximate surface area is 256 Å². The third-order valence-electron chi connectivity index (χ3n) is 8.09. The normalized spacial score (nSPS) is 12.4. The summed E-state index contributed by atoms with van der Waals surface area (Å²) >= 11 is 0. The van der Waals surface area contributed by atoms with Crippen LogP contribution in [0.5, 0.6) is 0 Å². The maximum absolute atomic E-state index is 12.1. The summed E-state index contributed by atoms with van der Waals surface area (Å²) in [6.07, 6.45) is 39.6. The summed E-state index contributed by atoms with van der Waals surface area (Å²) in [5, 5.41) is 9.53. The van der Waals surface area contributed by atoms with Gasteiger partial charge in [-0.1, -0.05) is 161 Å². The smallest absolute Gasteiger partial charge is 0.306 e. The van der Waals surface area contributed by atoms with Crippen LogP contribution in [0.15, 0.2) is 12.2 Å². The number of aliphatic hydroxyl groups is 1. The number of carbonyl (C=O) groups is 1. The topological polar surface area (TPSA) is 55.8 Å². The quantitative estimate of drug-likeness (QED) is 0.0467. The summed E-state index contributed by atoms with van der Waals surface area (Å²) in [5.41, 5.74) is 0. The van der Waals surface area contributed by atoms with Crippen LogP contribution in [0.1, 0.15) is 194 Å². The number of ether oxygens (including phenoxy) is 2. The Morgan fingerprint density at radius 1 is 0.561 bits per heavy atom. The van der Waals surface area contributed by atoms with Gasteiger partial charge in [0.25, 0.3) is 0 Å². The van der Waals surface area contributed by atoms with Crippen molar-refractivity contribution >= 4 is 5.97 Å². The van der Waals surface area contributed by atoms with Gasteiger partial charge in [0.2, 0.25) is 0 Å². The van der Waals surface area contributed by atoms with Crippen molar-refractivity contribution in [3.8, 4) is 0 Å². The zero-order chi connectivity index (χ0) is 29.9. The molecule has 4 heteroatoms. The van der Waals surface area contributed by atoms with Gasteiger partial charge in [0.15, 0.2) is 0 Å². The Morgan fingerprint density at radius 3 is 1.39 bits per heavy atom. The number of esters is 1. The second kappa shape index (κ2) is 35.3. The molecule has 1 atom stereocenters. The molecule has 0 aromatic carbocycles. The molecule has 0 radical (unpaired) electrons. The van der Waals surface area contributed by atoms with Crippen molar-refractivity contribution in [3.63, 3.8) is 0 Å². The van der Waals surface area contributed by atoms with E-state index in [1.54, 1.807) is 0 Å². The summed E-state index contributed by atoms with van der Waals surface area (Å²) in [6.45, 7) is 5.35. The lowest BCUT2D eigenvalue weighted by Gasteiger charge is -2.16. The molecule has 0 saturated heterocycles. The molecule has 4 nitrogen and oxygen atoms in total. The van der Waals surface area contributed by atoms with Crippen LogP contribution in [-0.2, 0) is 14.3 Å². The van der Waals surface area contributed by atoms with Crippen LogP contribution in [0.2, 0.25) is 0 Å². The fraction of sp³-hybridized carbons (Fsp3) is 0.919. The van der Waals surface area contributed by atoms with E-state index in [1.165, 1.54) is 154 Å². The van der Waals surface area contributed by atoms with Crippen LogP contribution in [0.3, 0.4) is 0 Å². The van der Waals surface area contributed by atoms with Gasteiger partial charge in [-0.15, -0.1) is 0 Å². The number of hydrogen-bond acceptors (Lipinski definition) is 4. The number of unbranched alkanes of at least 4 members (excludes halogenated alkanes) is 24. The summed E-state index contributed by atoms with van der Waals surface area (Å²) in [6, 6.07) is 0. The first kappa shape index (κ1) is 40.1. The van der Waals surface area contributed by atoms with Crippen molar-refractivity contribution in [2.75, 3.05) is 19.8 Å². The number of hydrogen-bond donors (Lipinski definition) is 1. The Hall–Kier alpha value is -0.870. The van der Waals surface area contributed by atoms with E-state index in [4.69, 9.17) is 9.47 Å². The molecule has 0 aromatic rings. The van der Waals surface area contributed by atoms with Crippen molar-refractivity contribution < 1.29 is 19.4 Å². The van der Waals surface area contributed by atoms with Gasteiger partial charge >= 0.3 is 5.97 Å². The van der Waals surface area contributed by atoms with E-state index in [-0.39, 0.29) is 12.6 Å². The van der Waals surface area contributed by atoms with E-state index >= 15 is 0 Å². The lowest BCUT2D eigenvalue weighted by Crippen LogP contribution is -2.27. The van der Waals surface area contributed by atoms with Crippen molar-refractivity contribution in [2.45, 2.75) is 200 Å². The molecule has 0 aliphatic rings. The van der Waals surface area contributed by atoms with E-state index in [2.05, 4.69) is 26.0 Å². The Balaban J connectivity index is 3.40. The van der Waals surface area contributed by atoms with Crippen molar-refractivity contribution in [3.05, 3.63) is 12.2 Å². The molecule has 0 spiro atoms. The predicted octanol–water partition coefficient (Wildman–Crippen LogP) is 11.4. The summed E-state index contributed by atoms with van der Waals surface area (Å²) in [5.74, 6) is -0.201. The highest BCUT2D eigenvalue weighted by atomic mass is 16.6. The van der Waals surface area contributed by atoms with Gasteiger partial charge in [0.05, 0.1) is 13.2 Å². The summed E-state index contributed by atoms with van der Waals surface area (Å²) in [7, 11) is 0. The van der Waals surface area contributed by atoms with E-state index in [0.717, 1.165) is 19.3 Å². The Morgan fingerprint density at radius 2 is 0.951 bits per heavy atom. The Bertz CT molecular complexity index is 533. The lowest BCUT2D eigenvalue weighted by atomic mass is 10.1. The number of allylic oxidation sites excluding steroid dienone is 2. The zero-order valence-electron chi connectivity index (χ0n) is 27.8. The number of carbonyl (C=O) groups excluding carboxylic acids is 1. The maximum Gasteiger partial charge on any atom is 0.306 e. The molecule has 0 fully saturated rings. The monoisotopic (exact) mass is 581 g/mol. The van der Waals surface area contributed by atoms with Crippen LogP contribution in [0, 0.1) is 0 Å². The molecular formula is C37H72O4. The van der Waals surface area contributed by atoms with Crippen LogP contribution < -0.4 is 0 Å². The molecule has 0 amide bonds. The van der Waals surface area contributed by atoms with Crippen molar-refractivity contribution in [1.82, 2.24) is 0 Å². The second-order valence-electron chi connectivity index (χ2n) is 12.3. The fourth-order valence-corrected chi connectivity index (χ4v) is 5.32. The van der Waals surface area contributed by atoms with Crippen LogP contribution in [0.25, 0.3) is 0 Å². The molecule has 0 heterocycles. The maximum atomic E-state index is 12.1. The molecular weight excluding hydrogens is 508 g/mol. The minimum absolute atomic E-state index is 0.167. The van der Waals surface area contributed by atoms with Gasteiger partial charge in [-0.25, -0.2) is 0 Å². The highest BCUT2D eigenvalue weighted by molar-refractivity contribution is 5.69. The standard InChI is InChI=1S/C37H72O4/c1-3-5-7-9-11-13-15-16-17-18-19-20-21-22-23-24-26-28-30-32-37(39)41-36(34-38)35-40-33-31-29-27-25-14-12-10-8-6-4-2/h16-17,36,38H,3-15,18-35H2,1-2H3/b17-16-. The highest BCUT2D eigenvalue weighted by Crippen LogP contribution is 2.13. The van der Waals surface area contributed by atoms with E-state index in [1.807, 2.05) is 0 Å². The Kier molecular flexibility index (Phi) is 34.6. The first-order valence-corrected chi connectivity index (χ1v) is 18.3. The molecule has 0 aromatic heterocycles. The second-order valence-corrected chi connectivity index (χ2v) is 12.3. The first-order valence-electron chi connectivity index (χ1n) is 18.3. The van der Waals surface area contributed by atoms with Gasteiger partial charge in [-0.05, 0) is 38.5 Å². The average Bonchev–Trinajstić information content (AvgIpc) is 2.98. The van der Waals surface area contributed by atoms with Crippen LogP contribution in [0.4, 0.5) is 0 Å². The SMILES string of the molecule is CCCCCCCC/C=C\CCCCCCCCCCCC(=O)OC(CO)COCCCCCCCCCCCC. The molecule has 244 valence electrons. The molecule has 1 N–H and O–H groups in total.